The SMILES string of the molecule is CN1CCC(Oc2ccc(C(=O)Nc3[nH]nc4sc(OC(=O)NC(C)(C)c5ccccc5F)cc34)cc2)CC1. The van der Waals surface area contributed by atoms with Crippen LogP contribution in [0.25, 0.3) is 10.2 Å². The topological polar surface area (TPSA) is 109 Å². The number of carbonyl (C=O) groups is 2. The lowest BCUT2D eigenvalue weighted by atomic mass is 9.94. The minimum atomic E-state index is -0.993. The Balaban J connectivity index is 1.20. The molecule has 9 nitrogen and oxygen atoms in total. The van der Waals surface area contributed by atoms with Gasteiger partial charge in [-0.25, -0.2) is 9.18 Å². The average molecular weight is 552 g/mol. The number of carbonyl (C=O) groups excluding carboxylic acids is 2. The van der Waals surface area contributed by atoms with Crippen molar-refractivity contribution in [1.82, 2.24) is 20.4 Å². The fraction of sp³-hybridized carbons (Fsp3) is 0.321. The highest BCUT2D eigenvalue weighted by Gasteiger charge is 2.27. The van der Waals surface area contributed by atoms with E-state index in [0.717, 1.165) is 43.0 Å². The molecule has 0 unspecified atom stereocenters. The zero-order valence-electron chi connectivity index (χ0n) is 21.9. The molecule has 1 aliphatic rings. The lowest BCUT2D eigenvalue weighted by Crippen LogP contribution is -2.43. The first-order chi connectivity index (χ1) is 18.7. The largest absolute Gasteiger partial charge is 0.490 e. The van der Waals surface area contributed by atoms with Crippen LogP contribution in [0.2, 0.25) is 0 Å². The van der Waals surface area contributed by atoms with Gasteiger partial charge in [-0.05, 0) is 64.1 Å². The van der Waals surface area contributed by atoms with Crippen LogP contribution in [0.4, 0.5) is 15.0 Å². The number of nitrogens with zero attached hydrogens (tertiary/aromatic N) is 2. The molecular formula is C28H30FN5O4S. The van der Waals surface area contributed by atoms with E-state index in [2.05, 4.69) is 32.8 Å². The number of H-pyrrole nitrogens is 1. The third kappa shape index (κ3) is 6.21. The first-order valence-electron chi connectivity index (χ1n) is 12.7. The zero-order chi connectivity index (χ0) is 27.6. The normalized spacial score (nSPS) is 14.8. The molecule has 1 saturated heterocycles. The molecule has 39 heavy (non-hydrogen) atoms. The first kappa shape index (κ1) is 26.6. The van der Waals surface area contributed by atoms with Crippen LogP contribution >= 0.6 is 11.3 Å². The molecule has 2 aromatic carbocycles. The van der Waals surface area contributed by atoms with E-state index in [1.54, 1.807) is 62.4 Å². The molecule has 0 aliphatic carbocycles. The Hall–Kier alpha value is -3.96. The minimum absolute atomic E-state index is 0.182. The molecule has 0 radical (unpaired) electrons. The number of aromatic amines is 1. The second-order valence-electron chi connectivity index (χ2n) is 10.1. The average Bonchev–Trinajstić information content (AvgIpc) is 3.46. The number of rotatable bonds is 7. The van der Waals surface area contributed by atoms with Gasteiger partial charge in [0, 0.05) is 30.3 Å². The number of ether oxygens (including phenoxy) is 2. The van der Waals surface area contributed by atoms with Crippen molar-refractivity contribution < 1.29 is 23.5 Å². The standard InChI is InChI=1S/C28H30FN5O4S/c1-28(2,21-6-4-5-7-22(21)29)31-27(36)38-23-16-20-24(32-33-26(20)39-23)30-25(35)17-8-10-18(11-9-17)37-19-12-14-34(3)15-13-19/h4-11,16,19H,12-15H2,1-3H3,(H,31,36)(H2,30,32,33,35). The van der Waals surface area contributed by atoms with Crippen molar-refractivity contribution in [3.8, 4) is 10.8 Å². The molecule has 3 N–H and O–H groups in total. The van der Waals surface area contributed by atoms with Gasteiger partial charge in [0.05, 0.1) is 10.9 Å². The number of hydrogen-bond acceptors (Lipinski definition) is 7. The molecule has 0 spiro atoms. The van der Waals surface area contributed by atoms with Crippen LogP contribution in [0.1, 0.15) is 42.6 Å². The Labute approximate surface area is 229 Å². The van der Waals surface area contributed by atoms with Gasteiger partial charge in [-0.1, -0.05) is 29.5 Å². The van der Waals surface area contributed by atoms with E-state index < -0.39 is 17.4 Å². The summed E-state index contributed by atoms with van der Waals surface area (Å²) < 4.78 is 25.7. The first-order valence-corrected chi connectivity index (χ1v) is 13.5. The summed E-state index contributed by atoms with van der Waals surface area (Å²) >= 11 is 1.14. The highest BCUT2D eigenvalue weighted by Crippen LogP contribution is 2.35. The number of aromatic nitrogens is 2. The van der Waals surface area contributed by atoms with Crippen LogP contribution < -0.4 is 20.1 Å². The van der Waals surface area contributed by atoms with Crippen LogP contribution in [-0.2, 0) is 5.54 Å². The second-order valence-corrected chi connectivity index (χ2v) is 11.1. The number of piperidine rings is 1. The fourth-order valence-corrected chi connectivity index (χ4v) is 5.35. The van der Waals surface area contributed by atoms with E-state index >= 15 is 0 Å². The number of fused-ring (bicyclic) bond motifs is 1. The lowest BCUT2D eigenvalue weighted by molar-refractivity contribution is 0.102. The Kier molecular flexibility index (Phi) is 7.53. The zero-order valence-corrected chi connectivity index (χ0v) is 22.7. The molecule has 5 rings (SSSR count). The van der Waals surface area contributed by atoms with Gasteiger partial charge in [-0.2, -0.15) is 5.10 Å². The van der Waals surface area contributed by atoms with E-state index in [-0.39, 0.29) is 17.1 Å². The third-order valence-corrected chi connectivity index (χ3v) is 7.61. The molecule has 1 aliphatic heterocycles. The van der Waals surface area contributed by atoms with Crippen molar-refractivity contribution >= 4 is 39.4 Å². The van der Waals surface area contributed by atoms with Crippen LogP contribution in [0, 0.1) is 5.82 Å². The van der Waals surface area contributed by atoms with Gasteiger partial charge >= 0.3 is 6.09 Å². The molecule has 2 aromatic heterocycles. The number of likely N-dealkylation sites (tertiary alicyclic amines) is 1. The highest BCUT2D eigenvalue weighted by atomic mass is 32.1. The fourth-order valence-electron chi connectivity index (χ4n) is 4.51. The number of thiophene rings is 1. The van der Waals surface area contributed by atoms with Crippen LogP contribution in [0.3, 0.4) is 0 Å². The Bertz CT molecular complexity index is 1470. The molecule has 204 valence electrons. The molecule has 3 heterocycles. The summed E-state index contributed by atoms with van der Waals surface area (Å²) in [6.07, 6.45) is 1.41. The van der Waals surface area contributed by atoms with Crippen molar-refractivity contribution in [2.45, 2.75) is 38.3 Å². The van der Waals surface area contributed by atoms with Gasteiger partial charge < -0.3 is 25.0 Å². The minimum Gasteiger partial charge on any atom is -0.490 e. The quantitative estimate of drug-likeness (QED) is 0.279. The van der Waals surface area contributed by atoms with E-state index in [4.69, 9.17) is 9.47 Å². The van der Waals surface area contributed by atoms with Gasteiger partial charge in [0.25, 0.3) is 5.91 Å². The predicted molar refractivity (Wildman–Crippen MR) is 148 cm³/mol. The summed E-state index contributed by atoms with van der Waals surface area (Å²) in [6.45, 7) is 5.40. The van der Waals surface area contributed by atoms with Crippen molar-refractivity contribution in [3.63, 3.8) is 0 Å². The number of amides is 2. The van der Waals surface area contributed by atoms with Crippen molar-refractivity contribution in [3.05, 3.63) is 71.5 Å². The number of nitrogens with one attached hydrogen (secondary N) is 3. The van der Waals surface area contributed by atoms with Crippen LogP contribution in [-0.4, -0.2) is 53.3 Å². The van der Waals surface area contributed by atoms with E-state index in [9.17, 15) is 14.0 Å². The predicted octanol–water partition coefficient (Wildman–Crippen LogP) is 5.51. The lowest BCUT2D eigenvalue weighted by Gasteiger charge is -2.29. The summed E-state index contributed by atoms with van der Waals surface area (Å²) in [5.74, 6) is 0.391. The number of benzene rings is 2. The van der Waals surface area contributed by atoms with Crippen LogP contribution in [0.15, 0.2) is 54.6 Å². The highest BCUT2D eigenvalue weighted by molar-refractivity contribution is 7.20. The van der Waals surface area contributed by atoms with E-state index in [1.807, 2.05) is 0 Å². The van der Waals surface area contributed by atoms with E-state index in [1.165, 1.54) is 6.07 Å². The van der Waals surface area contributed by atoms with Gasteiger partial charge in [-0.15, -0.1) is 0 Å². The molecule has 11 heteroatoms. The van der Waals surface area contributed by atoms with Gasteiger partial charge in [0.1, 0.15) is 23.5 Å². The number of hydrogen-bond donors (Lipinski definition) is 3. The van der Waals surface area contributed by atoms with Gasteiger partial charge in [-0.3, -0.25) is 9.89 Å². The molecule has 0 saturated carbocycles. The van der Waals surface area contributed by atoms with E-state index in [0.29, 0.717) is 27.2 Å². The van der Waals surface area contributed by atoms with Crippen molar-refractivity contribution in [1.29, 1.82) is 0 Å². The maximum atomic E-state index is 14.2. The summed E-state index contributed by atoms with van der Waals surface area (Å²) in [4.78, 5) is 28.3. The molecule has 1 fully saturated rings. The summed E-state index contributed by atoms with van der Waals surface area (Å²) in [6, 6.07) is 14.9. The monoisotopic (exact) mass is 551 g/mol. The number of anilines is 1. The van der Waals surface area contributed by atoms with Crippen molar-refractivity contribution in [2.75, 3.05) is 25.5 Å². The maximum absolute atomic E-state index is 14.2. The maximum Gasteiger partial charge on any atom is 0.414 e. The molecule has 0 atom stereocenters. The van der Waals surface area contributed by atoms with Crippen LogP contribution in [0.5, 0.6) is 10.8 Å². The molecule has 2 amide bonds. The molecule has 4 aromatic rings. The summed E-state index contributed by atoms with van der Waals surface area (Å²) in [5.41, 5.74) is -0.183. The second kappa shape index (κ2) is 11.0. The Morgan fingerprint density at radius 3 is 2.56 bits per heavy atom. The van der Waals surface area contributed by atoms with Gasteiger partial charge in [0.2, 0.25) is 0 Å². The Morgan fingerprint density at radius 2 is 1.85 bits per heavy atom. The third-order valence-electron chi connectivity index (χ3n) is 6.71. The summed E-state index contributed by atoms with van der Waals surface area (Å²) in [5, 5.41) is 13.4. The molecule has 0 bridgehead atoms. The van der Waals surface area contributed by atoms with Gasteiger partial charge in [0.15, 0.2) is 9.89 Å². The number of halogens is 1. The smallest absolute Gasteiger partial charge is 0.414 e. The molecular weight excluding hydrogens is 521 g/mol. The van der Waals surface area contributed by atoms with Crippen molar-refractivity contribution in [2.24, 2.45) is 0 Å². The Morgan fingerprint density at radius 1 is 1.13 bits per heavy atom. The summed E-state index contributed by atoms with van der Waals surface area (Å²) in [7, 11) is 2.11.